The van der Waals surface area contributed by atoms with Crippen LogP contribution in [0.3, 0.4) is 0 Å². The summed E-state index contributed by atoms with van der Waals surface area (Å²) < 4.78 is 15.4. The van der Waals surface area contributed by atoms with Gasteiger partial charge in [0.2, 0.25) is 0 Å². The van der Waals surface area contributed by atoms with Crippen molar-refractivity contribution in [2.75, 3.05) is 0 Å². The third kappa shape index (κ3) is 6.43. The molecule has 1 unspecified atom stereocenters. The van der Waals surface area contributed by atoms with Crippen molar-refractivity contribution in [2.24, 2.45) is 9.98 Å². The van der Waals surface area contributed by atoms with Crippen LogP contribution in [0, 0.1) is 0 Å². The summed E-state index contributed by atoms with van der Waals surface area (Å²) in [4.78, 5) is 26.4. The van der Waals surface area contributed by atoms with Gasteiger partial charge in [0.1, 0.15) is 34.3 Å². The number of benzene rings is 9. The normalized spacial score (nSPS) is 13.9. The number of hydrogen-bond donors (Lipinski definition) is 1. The third-order valence-electron chi connectivity index (χ3n) is 13.1. The molecule has 0 spiro atoms. The maximum atomic E-state index is 6.56. The average molecular weight is 888 g/mol. The Hall–Kier alpha value is -9.47. The molecule has 0 saturated carbocycles. The number of nitrogens with one attached hydrogen (secondary N) is 1. The summed E-state index contributed by atoms with van der Waals surface area (Å²) in [6.07, 6.45) is -0.570. The van der Waals surface area contributed by atoms with Gasteiger partial charge in [-0.2, -0.15) is 0 Å². The summed E-state index contributed by atoms with van der Waals surface area (Å²) in [5.74, 6) is 2.91. The quantitative estimate of drug-likeness (QED) is 0.171. The number of para-hydroxylation sites is 4. The third-order valence-corrected chi connectivity index (χ3v) is 13.1. The molecule has 1 aliphatic rings. The van der Waals surface area contributed by atoms with Crippen LogP contribution in [0.1, 0.15) is 22.9 Å². The fourth-order valence-corrected chi connectivity index (χ4v) is 9.88. The highest BCUT2D eigenvalue weighted by Gasteiger charge is 2.27. The van der Waals surface area contributed by atoms with Gasteiger partial charge in [0.05, 0.1) is 22.3 Å². The summed E-state index contributed by atoms with van der Waals surface area (Å²) in [5.41, 5.74) is 11.4. The van der Waals surface area contributed by atoms with E-state index in [-0.39, 0.29) is 0 Å². The van der Waals surface area contributed by atoms with Gasteiger partial charge in [-0.05, 0) is 54.1 Å². The van der Waals surface area contributed by atoms with Crippen LogP contribution in [0.4, 0.5) is 0 Å². The second-order valence-electron chi connectivity index (χ2n) is 17.2. The van der Waals surface area contributed by atoms with Crippen molar-refractivity contribution in [1.82, 2.24) is 24.8 Å². The lowest BCUT2D eigenvalue weighted by Gasteiger charge is -2.25. The second-order valence-corrected chi connectivity index (χ2v) is 17.2. The molecule has 9 nitrogen and oxygen atoms in total. The highest BCUT2D eigenvalue weighted by Crippen LogP contribution is 2.42. The van der Waals surface area contributed by atoms with E-state index in [1.54, 1.807) is 0 Å². The van der Waals surface area contributed by atoms with Crippen LogP contribution in [0.25, 0.3) is 106 Å². The highest BCUT2D eigenvalue weighted by atomic mass is 16.3. The zero-order valence-corrected chi connectivity index (χ0v) is 36.8. The first-order valence-electron chi connectivity index (χ1n) is 22.9. The Labute approximate surface area is 394 Å². The van der Waals surface area contributed by atoms with Gasteiger partial charge in [0.25, 0.3) is 0 Å². The Bertz CT molecular complexity index is 4170. The number of furan rings is 2. The van der Waals surface area contributed by atoms with Crippen molar-refractivity contribution >= 4 is 77.4 Å². The molecule has 0 fully saturated rings. The Morgan fingerprint density at radius 1 is 0.406 bits per heavy atom. The smallest absolute Gasteiger partial charge is 0.166 e. The number of fused-ring (bicyclic) bond motifs is 9. The molecular weight excluding hydrogens is 851 g/mol. The fourth-order valence-electron chi connectivity index (χ4n) is 9.88. The van der Waals surface area contributed by atoms with E-state index >= 15 is 0 Å². The molecule has 9 heteroatoms. The number of aliphatic imine (C=N–C) groups is 2. The zero-order chi connectivity index (χ0) is 45.4. The minimum atomic E-state index is -0.570. The summed E-state index contributed by atoms with van der Waals surface area (Å²) in [6.45, 7) is 0. The molecule has 0 aliphatic carbocycles. The minimum absolute atomic E-state index is 0.518. The number of amidine groups is 2. The van der Waals surface area contributed by atoms with E-state index in [1.807, 2.05) is 121 Å². The van der Waals surface area contributed by atoms with Crippen LogP contribution >= 0.6 is 0 Å². The lowest BCUT2D eigenvalue weighted by Crippen LogP contribution is -2.33. The molecule has 0 amide bonds. The molecule has 9 aromatic carbocycles. The fraction of sp³-hybridized carbons (Fsp3) is 0.0167. The first-order valence-corrected chi connectivity index (χ1v) is 22.9. The van der Waals surface area contributed by atoms with Crippen molar-refractivity contribution in [3.8, 4) is 39.9 Å². The molecule has 13 aromatic rings. The predicted octanol–water partition coefficient (Wildman–Crippen LogP) is 14.3. The molecular formula is C60H37N7O2. The zero-order valence-electron chi connectivity index (χ0n) is 36.8. The second kappa shape index (κ2) is 15.6. The van der Waals surface area contributed by atoms with Gasteiger partial charge in [-0.15, -0.1) is 0 Å². The van der Waals surface area contributed by atoms with Gasteiger partial charge in [0, 0.05) is 54.6 Å². The average Bonchev–Trinajstić information content (AvgIpc) is 4.10. The summed E-state index contributed by atoms with van der Waals surface area (Å²) in [7, 11) is 0. The van der Waals surface area contributed by atoms with Crippen LogP contribution in [0.15, 0.2) is 231 Å². The van der Waals surface area contributed by atoms with E-state index in [1.165, 1.54) is 0 Å². The SMILES string of the molecule is c1ccc(C2=NC(c3cccc4c3oc3ccccc34)=NC(c3ccc(-n4c5ccccc5c5cc6oc7ccccc7c6cc54)c(-c4nc(-c5ccccc5)nc(-c5ccccc5)n4)c3)N2)cc1. The molecule has 1 aliphatic heterocycles. The lowest BCUT2D eigenvalue weighted by molar-refractivity contribution is 0.663. The van der Waals surface area contributed by atoms with Gasteiger partial charge < -0.3 is 18.7 Å². The van der Waals surface area contributed by atoms with Crippen molar-refractivity contribution in [3.05, 3.63) is 229 Å². The van der Waals surface area contributed by atoms with E-state index in [0.29, 0.717) is 29.1 Å². The van der Waals surface area contributed by atoms with Crippen molar-refractivity contribution in [1.29, 1.82) is 0 Å². The van der Waals surface area contributed by atoms with E-state index < -0.39 is 6.17 Å². The first-order chi connectivity index (χ1) is 34.2. The van der Waals surface area contributed by atoms with Crippen LogP contribution < -0.4 is 5.32 Å². The van der Waals surface area contributed by atoms with Crippen LogP contribution in [-0.4, -0.2) is 31.2 Å². The summed E-state index contributed by atoms with van der Waals surface area (Å²) in [6, 6.07) is 72.3. The van der Waals surface area contributed by atoms with Crippen LogP contribution in [0.5, 0.6) is 0 Å². The number of aromatic nitrogens is 4. The van der Waals surface area contributed by atoms with E-state index in [9.17, 15) is 0 Å². The van der Waals surface area contributed by atoms with Gasteiger partial charge in [0.15, 0.2) is 23.3 Å². The Balaban J connectivity index is 1.04. The highest BCUT2D eigenvalue weighted by molar-refractivity contribution is 6.20. The molecule has 324 valence electrons. The Morgan fingerprint density at radius 3 is 1.72 bits per heavy atom. The standard InChI is InChI=1S/C60H37N7O2/c1-4-17-36(18-5-1)55-61-56(37-19-6-2-7-20-37)65-60(64-55)47-33-39(31-32-49(47)67-48-28-13-10-23-40(48)45-35-53-46(34-50(45)67)42-25-12-14-29-51(42)68-53)58-62-57(38-21-8-3-9-22-38)63-59(66-58)44-27-16-26-43-41-24-11-15-30-52(41)69-54(43)44/h1-35,58H,(H,62,63,66). The van der Waals surface area contributed by atoms with E-state index in [0.717, 1.165) is 105 Å². The summed E-state index contributed by atoms with van der Waals surface area (Å²) in [5, 5.41) is 10.0. The largest absolute Gasteiger partial charge is 0.456 e. The first kappa shape index (κ1) is 38.8. The van der Waals surface area contributed by atoms with Crippen LogP contribution in [-0.2, 0) is 0 Å². The van der Waals surface area contributed by atoms with Crippen molar-refractivity contribution < 1.29 is 8.83 Å². The molecule has 1 atom stereocenters. The molecule has 0 radical (unpaired) electrons. The predicted molar refractivity (Wildman–Crippen MR) is 277 cm³/mol. The van der Waals surface area contributed by atoms with Gasteiger partial charge >= 0.3 is 0 Å². The number of hydrogen-bond acceptors (Lipinski definition) is 8. The number of nitrogens with zero attached hydrogens (tertiary/aromatic N) is 6. The van der Waals surface area contributed by atoms with E-state index in [4.69, 9.17) is 33.8 Å². The molecule has 4 aromatic heterocycles. The van der Waals surface area contributed by atoms with Gasteiger partial charge in [-0.1, -0.05) is 164 Å². The Morgan fingerprint density at radius 2 is 1.00 bits per heavy atom. The molecule has 5 heterocycles. The molecule has 0 saturated heterocycles. The monoisotopic (exact) mass is 887 g/mol. The number of rotatable bonds is 7. The maximum absolute atomic E-state index is 6.56. The Kier molecular flexibility index (Phi) is 8.75. The summed E-state index contributed by atoms with van der Waals surface area (Å²) >= 11 is 0. The lowest BCUT2D eigenvalue weighted by atomic mass is 10.0. The topological polar surface area (TPSA) is 107 Å². The van der Waals surface area contributed by atoms with E-state index in [2.05, 4.69) is 101 Å². The van der Waals surface area contributed by atoms with Crippen molar-refractivity contribution in [3.63, 3.8) is 0 Å². The molecule has 69 heavy (non-hydrogen) atoms. The maximum Gasteiger partial charge on any atom is 0.166 e. The molecule has 0 bridgehead atoms. The minimum Gasteiger partial charge on any atom is -0.456 e. The van der Waals surface area contributed by atoms with Crippen LogP contribution in [0.2, 0.25) is 0 Å². The molecule has 1 N–H and O–H groups in total. The van der Waals surface area contributed by atoms with Gasteiger partial charge in [-0.3, -0.25) is 0 Å². The van der Waals surface area contributed by atoms with Crippen molar-refractivity contribution in [2.45, 2.75) is 6.17 Å². The molecule has 14 rings (SSSR count). The van der Waals surface area contributed by atoms with Gasteiger partial charge in [-0.25, -0.2) is 24.9 Å².